The highest BCUT2D eigenvalue weighted by molar-refractivity contribution is 8.16. The Morgan fingerprint density at radius 1 is 1.41 bits per heavy atom. The van der Waals surface area contributed by atoms with Gasteiger partial charge in [0.25, 0.3) is 5.91 Å². The van der Waals surface area contributed by atoms with Crippen LogP contribution in [0.3, 0.4) is 0 Å². The number of aromatic amines is 1. The number of H-pyrrole nitrogens is 1. The molecule has 2 heterocycles. The van der Waals surface area contributed by atoms with Crippen molar-refractivity contribution in [2.75, 3.05) is 11.2 Å². The van der Waals surface area contributed by atoms with Crippen LogP contribution in [0, 0.1) is 11.3 Å². The van der Waals surface area contributed by atoms with Gasteiger partial charge in [-0.05, 0) is 5.56 Å². The number of benzene rings is 1. The molecule has 0 spiro atoms. The summed E-state index contributed by atoms with van der Waals surface area (Å²) in [6.07, 6.45) is 0. The third kappa shape index (κ3) is 3.05. The zero-order valence-electron chi connectivity index (χ0n) is 11.3. The van der Waals surface area contributed by atoms with Crippen LogP contribution in [-0.4, -0.2) is 32.6 Å². The third-order valence-electron chi connectivity index (χ3n) is 2.81. The minimum Gasteiger partial charge on any atom is -0.276 e. The Morgan fingerprint density at radius 3 is 2.91 bits per heavy atom. The van der Waals surface area contributed by atoms with Gasteiger partial charge in [0.05, 0.1) is 11.4 Å². The number of carbonyl (C=O) groups is 1. The molecule has 22 heavy (non-hydrogen) atoms. The molecule has 8 heteroatoms. The van der Waals surface area contributed by atoms with Crippen molar-refractivity contribution >= 4 is 34.2 Å². The fourth-order valence-electron chi connectivity index (χ4n) is 1.81. The first kappa shape index (κ1) is 14.0. The maximum absolute atomic E-state index is 11.1. The number of hydrogen-bond acceptors (Lipinski definition) is 6. The monoisotopic (exact) mass is 310 g/mol. The molecule has 0 unspecified atom stereocenters. The smallest absolute Gasteiger partial charge is 0.257 e. The molecule has 0 bridgehead atoms. The molecule has 0 atom stereocenters. The Bertz CT molecular complexity index is 802. The van der Waals surface area contributed by atoms with E-state index in [1.54, 1.807) is 6.07 Å². The summed E-state index contributed by atoms with van der Waals surface area (Å²) in [6.45, 7) is 0. The summed E-state index contributed by atoms with van der Waals surface area (Å²) in [6, 6.07) is 13.4. The molecule has 1 aliphatic heterocycles. The van der Waals surface area contributed by atoms with Crippen LogP contribution in [0.4, 0.5) is 5.82 Å². The Morgan fingerprint density at radius 2 is 2.23 bits per heavy atom. The first-order valence-electron chi connectivity index (χ1n) is 6.35. The van der Waals surface area contributed by atoms with E-state index in [0.717, 1.165) is 11.3 Å². The van der Waals surface area contributed by atoms with E-state index in [4.69, 9.17) is 5.26 Å². The lowest BCUT2D eigenvalue weighted by Crippen LogP contribution is -2.08. The Labute approximate surface area is 130 Å². The highest BCUT2D eigenvalue weighted by Gasteiger charge is 2.19. The van der Waals surface area contributed by atoms with Crippen LogP contribution in [0.25, 0.3) is 11.3 Å². The summed E-state index contributed by atoms with van der Waals surface area (Å²) >= 11 is 1.20. The molecule has 7 nitrogen and oxygen atoms in total. The summed E-state index contributed by atoms with van der Waals surface area (Å²) in [5.41, 5.74) is 4.59. The molecule has 3 rings (SSSR count). The summed E-state index contributed by atoms with van der Waals surface area (Å²) in [4.78, 5) is 14.8. The van der Waals surface area contributed by atoms with Gasteiger partial charge in [-0.25, -0.2) is 4.99 Å². The number of rotatable bonds is 4. The summed E-state index contributed by atoms with van der Waals surface area (Å²) in [5, 5.41) is 20.3. The Balaban J connectivity index is 1.75. The van der Waals surface area contributed by atoms with Gasteiger partial charge in [0.15, 0.2) is 11.5 Å². The van der Waals surface area contributed by atoms with Crippen molar-refractivity contribution in [2.24, 2.45) is 10.1 Å². The van der Waals surface area contributed by atoms with Gasteiger partial charge >= 0.3 is 0 Å². The topological polar surface area (TPSA) is 106 Å². The molecule has 2 N–H and O–H groups in total. The predicted molar refractivity (Wildman–Crippen MR) is 85.6 cm³/mol. The predicted octanol–water partition coefficient (Wildman–Crippen LogP) is 2.04. The fraction of sp³-hybridized carbons (Fsp3) is 0.0714. The average molecular weight is 310 g/mol. The van der Waals surface area contributed by atoms with Crippen molar-refractivity contribution in [1.82, 2.24) is 10.2 Å². The molecular weight excluding hydrogens is 300 g/mol. The van der Waals surface area contributed by atoms with Crippen LogP contribution in [0.2, 0.25) is 0 Å². The van der Waals surface area contributed by atoms with Crippen LogP contribution in [0.15, 0.2) is 46.5 Å². The lowest BCUT2D eigenvalue weighted by atomic mass is 10.2. The van der Waals surface area contributed by atoms with E-state index < -0.39 is 0 Å². The number of hydrazone groups is 1. The second-order valence-electron chi connectivity index (χ2n) is 4.32. The van der Waals surface area contributed by atoms with Crippen molar-refractivity contribution in [3.8, 4) is 17.3 Å². The molecule has 1 aliphatic rings. The van der Waals surface area contributed by atoms with Crippen LogP contribution >= 0.6 is 11.8 Å². The lowest BCUT2D eigenvalue weighted by Gasteiger charge is -1.96. The summed E-state index contributed by atoms with van der Waals surface area (Å²) in [7, 11) is 0. The van der Waals surface area contributed by atoms with E-state index in [9.17, 15) is 4.79 Å². The highest BCUT2D eigenvalue weighted by atomic mass is 32.2. The zero-order chi connectivity index (χ0) is 15.4. The van der Waals surface area contributed by atoms with Crippen molar-refractivity contribution in [3.63, 3.8) is 0 Å². The van der Waals surface area contributed by atoms with Crippen molar-refractivity contribution in [3.05, 3.63) is 36.4 Å². The van der Waals surface area contributed by atoms with Gasteiger partial charge in [-0.3, -0.25) is 15.3 Å². The van der Waals surface area contributed by atoms with Gasteiger partial charge in [0.1, 0.15) is 11.1 Å². The number of anilines is 1. The standard InChI is InChI=1S/C14H10N6OS/c15-7-11(14-16-13(21)8-22-14)18-20-12-6-10(17-19-12)9-4-2-1-3-5-9/h1-6H,8H2,(H2,17,19,20)/b18-11-. The van der Waals surface area contributed by atoms with E-state index in [1.165, 1.54) is 11.8 Å². The molecule has 108 valence electrons. The molecule has 1 aromatic heterocycles. The zero-order valence-corrected chi connectivity index (χ0v) is 12.1. The molecule has 0 saturated carbocycles. The normalized spacial score (nSPS) is 14.6. The number of nitrogens with zero attached hydrogens (tertiary/aromatic N) is 4. The van der Waals surface area contributed by atoms with Crippen LogP contribution in [-0.2, 0) is 4.79 Å². The maximum Gasteiger partial charge on any atom is 0.257 e. The average Bonchev–Trinajstić information content (AvgIpc) is 3.18. The molecule has 0 fully saturated rings. The summed E-state index contributed by atoms with van der Waals surface area (Å²) < 4.78 is 0. The second-order valence-corrected chi connectivity index (χ2v) is 5.28. The van der Waals surface area contributed by atoms with Gasteiger partial charge in [-0.2, -0.15) is 15.5 Å². The SMILES string of the molecule is N#C/C(=N/Nc1cc(-c2ccccc2)[nH]n1)C1=NC(=O)CS1. The largest absolute Gasteiger partial charge is 0.276 e. The van der Waals surface area contributed by atoms with Crippen LogP contribution in [0.1, 0.15) is 0 Å². The van der Waals surface area contributed by atoms with Gasteiger partial charge in [-0.15, -0.1) is 0 Å². The molecule has 0 saturated heterocycles. The van der Waals surface area contributed by atoms with Crippen molar-refractivity contribution in [2.45, 2.75) is 0 Å². The van der Waals surface area contributed by atoms with Crippen LogP contribution < -0.4 is 5.43 Å². The number of aromatic nitrogens is 2. The van der Waals surface area contributed by atoms with Crippen molar-refractivity contribution < 1.29 is 4.79 Å². The molecular formula is C14H10N6OS. The quantitative estimate of drug-likeness (QED) is 0.664. The van der Waals surface area contributed by atoms with E-state index in [-0.39, 0.29) is 17.4 Å². The molecule has 1 amide bonds. The van der Waals surface area contributed by atoms with Crippen LogP contribution in [0.5, 0.6) is 0 Å². The molecule has 2 aromatic rings. The van der Waals surface area contributed by atoms with Crippen molar-refractivity contribution in [1.29, 1.82) is 5.26 Å². The molecule has 0 aliphatic carbocycles. The summed E-state index contributed by atoms with van der Waals surface area (Å²) in [5.74, 6) is 0.465. The first-order valence-corrected chi connectivity index (χ1v) is 7.34. The van der Waals surface area contributed by atoms with E-state index >= 15 is 0 Å². The first-order chi connectivity index (χ1) is 10.8. The van der Waals surface area contributed by atoms with Gasteiger partial charge in [0.2, 0.25) is 0 Å². The minimum absolute atomic E-state index is 0.0695. The van der Waals surface area contributed by atoms with Gasteiger partial charge < -0.3 is 0 Å². The Hall–Kier alpha value is -2.92. The third-order valence-corrected chi connectivity index (χ3v) is 3.76. The number of nitriles is 1. The highest BCUT2D eigenvalue weighted by Crippen LogP contribution is 2.19. The Kier molecular flexibility index (Phi) is 3.98. The number of amides is 1. The number of nitrogens with one attached hydrogen (secondary N) is 2. The maximum atomic E-state index is 11.1. The number of thioether (sulfide) groups is 1. The van der Waals surface area contributed by atoms with E-state index in [1.807, 2.05) is 36.4 Å². The minimum atomic E-state index is -0.255. The van der Waals surface area contributed by atoms with E-state index in [0.29, 0.717) is 10.9 Å². The number of carbonyl (C=O) groups excluding carboxylic acids is 1. The number of aliphatic imine (C=N–C) groups is 1. The number of hydrogen-bond donors (Lipinski definition) is 2. The van der Waals surface area contributed by atoms with Gasteiger partial charge in [0, 0.05) is 6.07 Å². The van der Waals surface area contributed by atoms with E-state index in [2.05, 4.69) is 25.7 Å². The second kappa shape index (κ2) is 6.24. The van der Waals surface area contributed by atoms with Gasteiger partial charge in [-0.1, -0.05) is 42.1 Å². The fourth-order valence-corrected chi connectivity index (χ4v) is 2.53. The lowest BCUT2D eigenvalue weighted by molar-refractivity contribution is -0.115. The molecule has 0 radical (unpaired) electrons. The molecule has 1 aromatic carbocycles.